The van der Waals surface area contributed by atoms with Crippen LogP contribution in [0, 0.1) is 23.7 Å². The van der Waals surface area contributed by atoms with Gasteiger partial charge in [0.05, 0.1) is 74.9 Å². The summed E-state index contributed by atoms with van der Waals surface area (Å²) in [7, 11) is 7.30. The minimum atomic E-state index is -0.902. The topological polar surface area (TPSA) is 283 Å². The van der Waals surface area contributed by atoms with Crippen LogP contribution in [0.4, 0.5) is 0 Å². The van der Waals surface area contributed by atoms with Crippen molar-refractivity contribution >= 4 is 35.4 Å². The van der Waals surface area contributed by atoms with E-state index in [1.54, 1.807) is 32.3 Å². The Morgan fingerprint density at radius 3 is 1.44 bits per heavy atom. The number of allylic oxidation sites excluding steroid dienone is 6. The number of nitrogens with two attached hydrogens (primary N) is 1. The van der Waals surface area contributed by atoms with Crippen molar-refractivity contribution in [2.45, 2.75) is 231 Å². The fraction of sp³-hybridized carbons (Fsp3) is 0.731. The van der Waals surface area contributed by atoms with E-state index < -0.39 is 59.5 Å². The predicted molar refractivity (Wildman–Crippen MR) is 337 cm³/mol. The van der Waals surface area contributed by atoms with Gasteiger partial charge in [-0.15, -0.1) is 5.06 Å². The third-order valence-corrected chi connectivity index (χ3v) is 16.7. The fourth-order valence-corrected chi connectivity index (χ4v) is 11.4. The highest BCUT2D eigenvalue weighted by Gasteiger charge is 2.59. The first-order chi connectivity index (χ1) is 42.0. The lowest BCUT2D eigenvalue weighted by molar-refractivity contribution is -0.202. The van der Waals surface area contributed by atoms with Gasteiger partial charge in [-0.25, -0.2) is 4.79 Å². The largest absolute Gasteiger partial charge is 0.387 e. The highest BCUT2D eigenvalue weighted by Crippen LogP contribution is 2.45. The van der Waals surface area contributed by atoms with Crippen molar-refractivity contribution in [1.82, 2.24) is 25.6 Å². The average Bonchev–Trinajstić information content (AvgIpc) is 1.72. The number of hydrogen-bond acceptors (Lipinski definition) is 19. The molecule has 2 spiro atoms. The van der Waals surface area contributed by atoms with Crippen molar-refractivity contribution in [2.24, 2.45) is 29.5 Å². The lowest BCUT2D eigenvalue weighted by atomic mass is 9.87. The zero-order chi connectivity index (χ0) is 65.8. The molecule has 22 nitrogen and oxygen atoms in total. The van der Waals surface area contributed by atoms with Gasteiger partial charge in [-0.3, -0.25) is 34.8 Å². The normalized spacial score (nSPS) is 33.9. The minimum Gasteiger partial charge on any atom is -0.387 e. The molecule has 16 atom stereocenters. The first-order valence-corrected chi connectivity index (χ1v) is 32.1. The Morgan fingerprint density at radius 2 is 1.08 bits per heavy atom. The van der Waals surface area contributed by atoms with E-state index >= 15 is 0 Å². The van der Waals surface area contributed by atoms with Gasteiger partial charge in [-0.1, -0.05) is 101 Å². The molecule has 89 heavy (non-hydrogen) atoms. The lowest BCUT2D eigenvalue weighted by Gasteiger charge is -2.39. The van der Waals surface area contributed by atoms with Crippen molar-refractivity contribution < 1.29 is 77.0 Å². The summed E-state index contributed by atoms with van der Waals surface area (Å²) in [5.41, 5.74) is 0.635. The Labute approximate surface area is 529 Å². The number of carbonyl (C=O) groups excluding carboxylic acids is 6. The number of aliphatic hydroxyl groups excluding tert-OH is 2. The quantitative estimate of drug-likeness (QED) is 0.0217. The number of rotatable bonds is 21. The van der Waals surface area contributed by atoms with Crippen molar-refractivity contribution in [3.8, 4) is 0 Å². The van der Waals surface area contributed by atoms with E-state index in [0.717, 1.165) is 43.6 Å². The van der Waals surface area contributed by atoms with E-state index in [2.05, 4.69) is 36.6 Å². The molecule has 0 aliphatic carbocycles. The third kappa shape index (κ3) is 25.3. The van der Waals surface area contributed by atoms with Gasteiger partial charge in [0, 0.05) is 59.4 Å². The fourth-order valence-electron chi connectivity index (χ4n) is 11.4. The molecule has 8 saturated heterocycles. The molecule has 8 aliphatic heterocycles. The molecule has 8 fully saturated rings. The number of carbonyl (C=O) groups is 6. The number of ketones is 1. The number of imide groups is 1. The van der Waals surface area contributed by atoms with Crippen molar-refractivity contribution in [3.05, 3.63) is 71.9 Å². The van der Waals surface area contributed by atoms with E-state index in [1.165, 1.54) is 17.9 Å². The summed E-state index contributed by atoms with van der Waals surface area (Å²) in [6, 6.07) is -0.0519. The Hall–Kier alpha value is -4.82. The predicted octanol–water partition coefficient (Wildman–Crippen LogP) is 6.09. The highest BCUT2D eigenvalue weighted by atomic mass is 16.7. The number of ether oxygens (including phenoxy) is 7. The van der Waals surface area contributed by atoms with Gasteiger partial charge in [0.1, 0.15) is 41.4 Å². The molecule has 0 bridgehead atoms. The smallest absolute Gasteiger partial charge is 0.335 e. The van der Waals surface area contributed by atoms with Crippen LogP contribution < -0.4 is 16.5 Å². The van der Waals surface area contributed by atoms with Crippen LogP contribution in [0.5, 0.6) is 0 Å². The zero-order valence-corrected chi connectivity index (χ0v) is 55.6. The van der Waals surface area contributed by atoms with Gasteiger partial charge in [0.2, 0.25) is 11.8 Å². The summed E-state index contributed by atoms with van der Waals surface area (Å²) < 4.78 is 40.9. The molecule has 502 valence electrons. The van der Waals surface area contributed by atoms with E-state index in [0.29, 0.717) is 68.3 Å². The summed E-state index contributed by atoms with van der Waals surface area (Å²) in [4.78, 5) is 79.6. The number of nitrogens with one attached hydrogen (secondary N) is 2. The monoisotopic (exact) mass is 1250 g/mol. The summed E-state index contributed by atoms with van der Waals surface area (Å²) >= 11 is 0. The average molecular weight is 1250 g/mol. The lowest BCUT2D eigenvalue weighted by Crippen LogP contribution is -2.50. The van der Waals surface area contributed by atoms with Crippen molar-refractivity contribution in [2.75, 3.05) is 61.2 Å². The van der Waals surface area contributed by atoms with Crippen LogP contribution in [0.3, 0.4) is 0 Å². The van der Waals surface area contributed by atoms with Crippen LogP contribution >= 0.6 is 0 Å². The zero-order valence-electron chi connectivity index (χ0n) is 55.6. The maximum atomic E-state index is 12.4. The first kappa shape index (κ1) is 74.9. The number of aliphatic hydroxyl groups is 2. The SMILES string of the molecule is C1CCOC1.CC(/C=C/[C@H]1O[C@H](CC(=O)CN(C)C)C[C@@]2(CO2)[C@@H]1O)=C\C[C@@H]1O[C@H](C)[C@H](NC(=O)/C=C\C(C)C)C[C@@H]1C.CC(/C=C/[C@H]1O[C@H](CC(=O)ON2C(=O)CCC2=O)C[C@@]2(CO2)[C@@H]1O)=C\C[C@@H]1O[C@H](C)[C@H](NC(=O)/C=C\C(C)C)C[C@@H]1C.CN(C)N. The van der Waals surface area contributed by atoms with Crippen LogP contribution in [-0.4, -0.2) is 206 Å². The number of hydroxylamine groups is 2. The maximum Gasteiger partial charge on any atom is 0.335 e. The number of amides is 4. The number of epoxide rings is 2. The van der Waals surface area contributed by atoms with Gasteiger partial charge in [-0.05, 0) is 116 Å². The summed E-state index contributed by atoms with van der Waals surface area (Å²) in [6.45, 7) is 23.6. The molecule has 6 N–H and O–H groups in total. The minimum absolute atomic E-state index is 0.00464. The van der Waals surface area contributed by atoms with Crippen LogP contribution in [0.25, 0.3) is 0 Å². The third-order valence-electron chi connectivity index (χ3n) is 16.7. The van der Waals surface area contributed by atoms with Crippen molar-refractivity contribution in [3.63, 3.8) is 0 Å². The molecule has 0 aromatic heterocycles. The number of likely N-dealkylation sites (N-methyl/N-ethyl adjacent to an activating group) is 1. The maximum absolute atomic E-state index is 12.4. The van der Waals surface area contributed by atoms with Gasteiger partial charge in [-0.2, -0.15) is 0 Å². The van der Waals surface area contributed by atoms with Gasteiger partial charge in [0.25, 0.3) is 11.8 Å². The van der Waals surface area contributed by atoms with Crippen LogP contribution in [0.2, 0.25) is 0 Å². The standard InChI is InChI=1S/C31H44N2O9.C30H48N2O6.C4H8O.C2H8N2/c1-18(2)6-11-26(34)32-23-14-20(4)24(40-21(23)5)9-7-19(3)8-10-25-30(38)31(17-39-31)16-22(41-25)15-29(37)42-33-27(35)12-13-28(33)36;1-19(2)8-13-28(34)31-25-14-21(4)26(37-22(25)5)11-9-20(3)10-12-27-29(35)30(18-36-30)16-24(38-27)15-23(33)17-32(6)7;1-2-4-5-3-1;1-4(2)3/h6-8,10-11,18,20-25,30,38H,9,12-17H2,1-5H3,(H,32,34);8-10,12-13,19,21-22,24-27,29,35H,11,14-18H2,1-7H3,(H,31,34);1-4H2;3H2,1-2H3/b10-8+,11-6-,19-7+;12-10+,13-8-,20-9+;;/t20-,21+,22+,23+,24-,25+,30+,31+;21-,22+,24+,25+,26-,27+,29+,30+;;/m00../s1. The molecule has 8 heterocycles. The Balaban J connectivity index is 0.000000285. The first-order valence-electron chi connectivity index (χ1n) is 32.1. The molecule has 22 heteroatoms. The van der Waals surface area contributed by atoms with E-state index in [-0.39, 0.29) is 85.4 Å². The number of nitrogens with zero attached hydrogens (tertiary/aromatic N) is 3. The van der Waals surface area contributed by atoms with Crippen molar-refractivity contribution in [1.29, 1.82) is 0 Å². The van der Waals surface area contributed by atoms with Crippen LogP contribution in [0.15, 0.2) is 71.9 Å². The van der Waals surface area contributed by atoms with Crippen LogP contribution in [0.1, 0.15) is 146 Å². The molecule has 0 aromatic rings. The molecular weight excluding hydrogens is 1140 g/mol. The molecule has 8 aliphatic rings. The summed E-state index contributed by atoms with van der Waals surface area (Å²) in [5, 5.41) is 29.9. The van der Waals surface area contributed by atoms with Crippen LogP contribution in [-0.2, 0) is 66.8 Å². The second-order valence-electron chi connectivity index (χ2n) is 26.7. The number of Topliss-reactive ketones (excluding diaryl/α,β-unsaturated/α-hetero) is 1. The second kappa shape index (κ2) is 35.8. The summed E-state index contributed by atoms with van der Waals surface area (Å²) in [6.07, 6.45) is 21.5. The summed E-state index contributed by atoms with van der Waals surface area (Å²) in [5.74, 6) is 4.26. The van der Waals surface area contributed by atoms with Gasteiger partial charge < -0.3 is 63.7 Å². The molecule has 0 unspecified atom stereocenters. The van der Waals surface area contributed by atoms with Gasteiger partial charge >= 0.3 is 5.97 Å². The Morgan fingerprint density at radius 1 is 0.674 bits per heavy atom. The Bertz CT molecular complexity index is 2470. The molecule has 0 aromatic carbocycles. The highest BCUT2D eigenvalue weighted by molar-refractivity contribution is 6.01. The number of hydrogen-bond donors (Lipinski definition) is 5. The van der Waals surface area contributed by atoms with E-state index in [9.17, 15) is 39.0 Å². The second-order valence-corrected chi connectivity index (χ2v) is 26.7. The molecular formula is C67H108N6O16. The van der Waals surface area contributed by atoms with E-state index in [4.69, 9.17) is 43.8 Å². The number of hydrazine groups is 1. The molecule has 0 saturated carbocycles. The molecule has 0 radical (unpaired) electrons. The Kier molecular flexibility index (Phi) is 30.2. The molecule has 4 amide bonds. The molecule has 8 rings (SSSR count). The van der Waals surface area contributed by atoms with E-state index in [1.807, 2.05) is 105 Å². The van der Waals surface area contributed by atoms with Gasteiger partial charge in [0.15, 0.2) is 0 Å².